The minimum Gasteiger partial charge on any atom is -0.320 e. The predicted molar refractivity (Wildman–Crippen MR) is 131 cm³/mol. The first kappa shape index (κ1) is 22.0. The summed E-state index contributed by atoms with van der Waals surface area (Å²) in [6, 6.07) is 15.8. The zero-order chi connectivity index (χ0) is 23.7. The quantitative estimate of drug-likeness (QED) is 0.472. The van der Waals surface area contributed by atoms with E-state index in [9.17, 15) is 9.59 Å². The lowest BCUT2D eigenvalue weighted by molar-refractivity contribution is 0.101. The first-order valence-electron chi connectivity index (χ1n) is 11.2. The molecule has 1 aliphatic rings. The average Bonchev–Trinajstić information content (AvgIpc) is 3.08. The molecule has 9 heteroatoms. The van der Waals surface area contributed by atoms with E-state index >= 15 is 0 Å². The highest BCUT2D eigenvalue weighted by molar-refractivity contribution is 6.30. The summed E-state index contributed by atoms with van der Waals surface area (Å²) in [6.07, 6.45) is 4.39. The van der Waals surface area contributed by atoms with E-state index < -0.39 is 11.3 Å². The summed E-state index contributed by atoms with van der Waals surface area (Å²) in [7, 11) is 0. The molecule has 0 atom stereocenters. The lowest BCUT2D eigenvalue weighted by Crippen LogP contribution is -2.26. The first-order valence-corrected chi connectivity index (χ1v) is 11.6. The molecule has 4 aromatic rings. The van der Waals surface area contributed by atoms with Crippen LogP contribution in [0.15, 0.2) is 59.4 Å². The number of rotatable bonds is 4. The summed E-state index contributed by atoms with van der Waals surface area (Å²) in [5.41, 5.74) is 2.17. The number of aromatic nitrogens is 5. The second-order valence-electron chi connectivity index (χ2n) is 8.32. The normalized spacial score (nSPS) is 13.2. The van der Waals surface area contributed by atoms with Crippen molar-refractivity contribution < 1.29 is 4.79 Å². The van der Waals surface area contributed by atoms with Crippen LogP contribution in [0.3, 0.4) is 0 Å². The van der Waals surface area contributed by atoms with Crippen LogP contribution in [0.25, 0.3) is 17.1 Å². The number of nitrogens with one attached hydrogen (secondary N) is 1. The van der Waals surface area contributed by atoms with Crippen molar-refractivity contribution in [2.45, 2.75) is 39.2 Å². The van der Waals surface area contributed by atoms with Crippen LogP contribution in [0.2, 0.25) is 5.02 Å². The van der Waals surface area contributed by atoms with E-state index in [0.717, 1.165) is 43.0 Å². The molecule has 2 aromatic heterocycles. The minimum atomic E-state index is -0.572. The summed E-state index contributed by atoms with van der Waals surface area (Å²) in [5.74, 6) is 1.28. The van der Waals surface area contributed by atoms with Gasteiger partial charge in [-0.15, -0.1) is 10.2 Å². The molecule has 0 saturated heterocycles. The van der Waals surface area contributed by atoms with Gasteiger partial charge < -0.3 is 9.88 Å². The van der Waals surface area contributed by atoms with E-state index in [-0.39, 0.29) is 5.69 Å². The molecule has 0 unspecified atom stereocenters. The third-order valence-corrected chi connectivity index (χ3v) is 6.16. The van der Waals surface area contributed by atoms with Crippen molar-refractivity contribution in [1.82, 2.24) is 24.5 Å². The van der Waals surface area contributed by atoms with E-state index in [2.05, 4.69) is 25.2 Å². The molecule has 172 valence electrons. The predicted octanol–water partition coefficient (Wildman–Crippen LogP) is 4.43. The molecule has 1 amide bonds. The van der Waals surface area contributed by atoms with E-state index in [1.54, 1.807) is 48.0 Å². The Morgan fingerprint density at radius 1 is 1.00 bits per heavy atom. The summed E-state index contributed by atoms with van der Waals surface area (Å²) < 4.78 is 3.72. The van der Waals surface area contributed by atoms with Gasteiger partial charge in [-0.3, -0.25) is 9.59 Å². The Balaban J connectivity index is 1.38. The van der Waals surface area contributed by atoms with Crippen LogP contribution in [0.4, 0.5) is 5.69 Å². The maximum Gasteiger partial charge on any atom is 0.280 e. The van der Waals surface area contributed by atoms with Crippen LogP contribution in [0.1, 0.15) is 41.3 Å². The monoisotopic (exact) mass is 474 g/mol. The molecule has 3 heterocycles. The number of anilines is 1. The Labute approximate surface area is 201 Å². The molecule has 8 nitrogen and oxygen atoms in total. The number of nitrogens with zero attached hydrogens (tertiary/aromatic N) is 5. The van der Waals surface area contributed by atoms with Crippen molar-refractivity contribution in [2.75, 3.05) is 5.32 Å². The van der Waals surface area contributed by atoms with E-state index in [0.29, 0.717) is 22.1 Å². The lowest BCUT2D eigenvalue weighted by atomic mass is 10.2. The second kappa shape index (κ2) is 9.23. The maximum atomic E-state index is 12.9. The molecule has 5 rings (SSSR count). The van der Waals surface area contributed by atoms with Gasteiger partial charge in [0.25, 0.3) is 5.91 Å². The van der Waals surface area contributed by atoms with Crippen molar-refractivity contribution in [3.05, 3.63) is 87.1 Å². The molecule has 0 bridgehead atoms. The molecule has 0 spiro atoms. The molecule has 0 radical (unpaired) electrons. The van der Waals surface area contributed by atoms with E-state index in [1.165, 1.54) is 12.5 Å². The maximum absolute atomic E-state index is 12.9. The number of amides is 1. The van der Waals surface area contributed by atoms with E-state index in [4.69, 9.17) is 11.6 Å². The SMILES string of the molecule is Cc1cc(=O)c(C(=O)Nc2ccc(-c3nnc4n3CCCCC4)cc2)nn1-c1ccc(Cl)cc1. The first-order chi connectivity index (χ1) is 16.5. The van der Waals surface area contributed by atoms with Crippen molar-refractivity contribution in [3.8, 4) is 17.1 Å². The Hall–Kier alpha value is -3.78. The van der Waals surface area contributed by atoms with Gasteiger partial charge in [-0.05, 0) is 68.3 Å². The van der Waals surface area contributed by atoms with Gasteiger partial charge in [-0.1, -0.05) is 18.0 Å². The van der Waals surface area contributed by atoms with Crippen LogP contribution in [-0.2, 0) is 13.0 Å². The molecule has 2 aromatic carbocycles. The summed E-state index contributed by atoms with van der Waals surface area (Å²) in [6.45, 7) is 2.67. The van der Waals surface area contributed by atoms with Gasteiger partial charge >= 0.3 is 0 Å². The van der Waals surface area contributed by atoms with Crippen molar-refractivity contribution in [1.29, 1.82) is 0 Å². The topological polar surface area (TPSA) is 94.7 Å². The number of hydrogen-bond donors (Lipinski definition) is 1. The largest absolute Gasteiger partial charge is 0.320 e. The zero-order valence-corrected chi connectivity index (χ0v) is 19.4. The highest BCUT2D eigenvalue weighted by atomic mass is 35.5. The van der Waals surface area contributed by atoms with Crippen molar-refractivity contribution in [3.63, 3.8) is 0 Å². The third-order valence-electron chi connectivity index (χ3n) is 5.90. The molecule has 1 aliphatic heterocycles. The summed E-state index contributed by atoms with van der Waals surface area (Å²) in [4.78, 5) is 25.4. The smallest absolute Gasteiger partial charge is 0.280 e. The standard InChI is InChI=1S/C25H23ClN6O2/c1-16-15-21(33)23(30-32(16)20-12-8-18(26)9-13-20)25(34)27-19-10-6-17(7-11-19)24-29-28-22-5-3-2-4-14-31(22)24/h6-13,15H,2-5,14H2,1H3,(H,27,34). The molecule has 0 aliphatic carbocycles. The minimum absolute atomic E-state index is 0.188. The van der Waals surface area contributed by atoms with Crippen molar-refractivity contribution >= 4 is 23.2 Å². The number of hydrogen-bond acceptors (Lipinski definition) is 5. The zero-order valence-electron chi connectivity index (χ0n) is 18.7. The molecule has 0 fully saturated rings. The molecule has 0 saturated carbocycles. The Bertz CT molecular complexity index is 1410. The Morgan fingerprint density at radius 2 is 1.76 bits per heavy atom. The average molecular weight is 475 g/mol. The van der Waals surface area contributed by atoms with Gasteiger partial charge in [0.1, 0.15) is 5.82 Å². The molecular formula is C25H23ClN6O2. The fourth-order valence-corrected chi connectivity index (χ4v) is 4.27. The molecular weight excluding hydrogens is 452 g/mol. The number of aryl methyl sites for hydroxylation is 2. The van der Waals surface area contributed by atoms with E-state index in [1.807, 2.05) is 12.1 Å². The number of carbonyl (C=O) groups excluding carboxylic acids is 1. The number of halogens is 1. The number of fused-ring (bicyclic) bond motifs is 1. The summed E-state index contributed by atoms with van der Waals surface area (Å²) >= 11 is 5.97. The van der Waals surface area contributed by atoms with Gasteiger partial charge in [-0.25, -0.2) is 4.68 Å². The van der Waals surface area contributed by atoms with Gasteiger partial charge in [0, 0.05) is 41.0 Å². The lowest BCUT2D eigenvalue weighted by Gasteiger charge is -2.12. The number of benzene rings is 2. The van der Waals surface area contributed by atoms with Crippen LogP contribution in [-0.4, -0.2) is 30.5 Å². The van der Waals surface area contributed by atoms with Gasteiger partial charge in [0.15, 0.2) is 11.5 Å². The fourth-order valence-electron chi connectivity index (χ4n) is 4.14. The second-order valence-corrected chi connectivity index (χ2v) is 8.76. The van der Waals surface area contributed by atoms with Gasteiger partial charge in [-0.2, -0.15) is 5.10 Å². The van der Waals surface area contributed by atoms with Gasteiger partial charge in [0.2, 0.25) is 5.43 Å². The highest BCUT2D eigenvalue weighted by Gasteiger charge is 2.18. The number of carbonyl (C=O) groups is 1. The summed E-state index contributed by atoms with van der Waals surface area (Å²) in [5, 5.41) is 16.4. The van der Waals surface area contributed by atoms with Crippen molar-refractivity contribution in [2.24, 2.45) is 0 Å². The molecule has 34 heavy (non-hydrogen) atoms. The fraction of sp³-hybridized carbons (Fsp3) is 0.240. The highest BCUT2D eigenvalue weighted by Crippen LogP contribution is 2.24. The van der Waals surface area contributed by atoms with Crippen LogP contribution < -0.4 is 10.7 Å². The third kappa shape index (κ3) is 4.36. The van der Waals surface area contributed by atoms with Gasteiger partial charge in [0.05, 0.1) is 5.69 Å². The Kier molecular flexibility index (Phi) is 5.98. The van der Waals surface area contributed by atoms with Crippen LogP contribution >= 0.6 is 11.6 Å². The molecule has 1 N–H and O–H groups in total. The van der Waals surface area contributed by atoms with Crippen LogP contribution in [0, 0.1) is 6.92 Å². The Morgan fingerprint density at radius 3 is 2.53 bits per heavy atom. The van der Waals surface area contributed by atoms with Crippen LogP contribution in [0.5, 0.6) is 0 Å².